The van der Waals surface area contributed by atoms with Crippen LogP contribution in [0.3, 0.4) is 0 Å². The number of alkyl halides is 3. The summed E-state index contributed by atoms with van der Waals surface area (Å²) in [7, 11) is 1.57. The van der Waals surface area contributed by atoms with Crippen molar-refractivity contribution in [2.45, 2.75) is 44.7 Å². The number of rotatable bonds is 5. The molecule has 0 saturated heterocycles. The van der Waals surface area contributed by atoms with Gasteiger partial charge in [0.1, 0.15) is 5.75 Å². The summed E-state index contributed by atoms with van der Waals surface area (Å²) in [5, 5.41) is 3.15. The van der Waals surface area contributed by atoms with Crippen molar-refractivity contribution in [1.29, 1.82) is 0 Å². The predicted molar refractivity (Wildman–Crippen MR) is 124 cm³/mol. The van der Waals surface area contributed by atoms with Crippen molar-refractivity contribution in [3.8, 4) is 5.75 Å². The largest absolute Gasteiger partial charge is 0.497 e. The van der Waals surface area contributed by atoms with Crippen LogP contribution in [-0.4, -0.2) is 25.5 Å². The van der Waals surface area contributed by atoms with E-state index in [0.29, 0.717) is 23.6 Å². The van der Waals surface area contributed by atoms with Gasteiger partial charge in [-0.25, -0.2) is 4.79 Å². The second-order valence-electron chi connectivity index (χ2n) is 8.60. The van der Waals surface area contributed by atoms with E-state index in [4.69, 9.17) is 9.47 Å². The lowest BCUT2D eigenvalue weighted by molar-refractivity contribution is -0.140. The van der Waals surface area contributed by atoms with E-state index in [0.717, 1.165) is 11.6 Å². The molecule has 2 atom stereocenters. The highest BCUT2D eigenvalue weighted by atomic mass is 19.4. The minimum absolute atomic E-state index is 0.0264. The molecule has 1 aliphatic carbocycles. The second-order valence-corrected chi connectivity index (χ2v) is 8.60. The normalized spacial score (nSPS) is 20.3. The molecule has 35 heavy (non-hydrogen) atoms. The molecule has 0 spiro atoms. The Labute approximate surface area is 201 Å². The zero-order valence-electron chi connectivity index (χ0n) is 19.7. The Morgan fingerprint density at radius 3 is 2.40 bits per heavy atom. The molecule has 5 nitrogen and oxygen atoms in total. The van der Waals surface area contributed by atoms with Crippen molar-refractivity contribution < 1.29 is 32.2 Å². The molecule has 4 rings (SSSR count). The molecule has 1 heterocycles. The van der Waals surface area contributed by atoms with Gasteiger partial charge in [0.25, 0.3) is 0 Å². The van der Waals surface area contributed by atoms with E-state index >= 15 is 0 Å². The Morgan fingerprint density at radius 2 is 1.77 bits per heavy atom. The molecule has 0 aromatic heterocycles. The van der Waals surface area contributed by atoms with Gasteiger partial charge in [-0.15, -0.1) is 0 Å². The number of methoxy groups -OCH3 is 1. The highest BCUT2D eigenvalue weighted by Gasteiger charge is 2.45. The van der Waals surface area contributed by atoms with Gasteiger partial charge in [0.05, 0.1) is 24.9 Å². The first kappa shape index (κ1) is 24.6. The summed E-state index contributed by atoms with van der Waals surface area (Å²) in [6, 6.07) is 12.5. The van der Waals surface area contributed by atoms with Crippen LogP contribution >= 0.6 is 0 Å². The number of allylic oxidation sites excluding steroid dienone is 3. The molecule has 0 radical (unpaired) electrons. The molecule has 1 N–H and O–H groups in total. The van der Waals surface area contributed by atoms with E-state index in [1.54, 1.807) is 21.0 Å². The van der Waals surface area contributed by atoms with E-state index in [9.17, 15) is 22.8 Å². The van der Waals surface area contributed by atoms with Gasteiger partial charge in [-0.2, -0.15) is 13.2 Å². The molecule has 0 bridgehead atoms. The molecule has 1 aliphatic heterocycles. The van der Waals surface area contributed by atoms with Crippen molar-refractivity contribution in [1.82, 2.24) is 5.32 Å². The summed E-state index contributed by atoms with van der Waals surface area (Å²) in [4.78, 5) is 26.5. The van der Waals surface area contributed by atoms with E-state index in [1.807, 2.05) is 24.3 Å². The third kappa shape index (κ3) is 4.70. The number of carbonyl (C=O) groups is 2. The van der Waals surface area contributed by atoms with Crippen LogP contribution in [0.4, 0.5) is 13.2 Å². The molecular formula is C27H26F3NO4. The van der Waals surface area contributed by atoms with E-state index < -0.39 is 23.6 Å². The predicted octanol–water partition coefficient (Wildman–Crippen LogP) is 5.64. The molecule has 0 unspecified atom stereocenters. The maximum absolute atomic E-state index is 14.0. The minimum atomic E-state index is -4.65. The molecule has 2 aliphatic rings. The number of esters is 1. The monoisotopic (exact) mass is 485 g/mol. The average Bonchev–Trinajstić information content (AvgIpc) is 2.82. The van der Waals surface area contributed by atoms with Crippen LogP contribution in [0.25, 0.3) is 0 Å². The van der Waals surface area contributed by atoms with Crippen molar-refractivity contribution in [2.75, 3.05) is 13.7 Å². The first-order valence-electron chi connectivity index (χ1n) is 11.4. The third-order valence-electron chi connectivity index (χ3n) is 6.49. The summed E-state index contributed by atoms with van der Waals surface area (Å²) in [6.07, 6.45) is -4.11. The Kier molecular flexibility index (Phi) is 6.74. The number of benzene rings is 2. The lowest BCUT2D eigenvalue weighted by Crippen LogP contribution is -2.36. The number of hydrogen-bond acceptors (Lipinski definition) is 5. The van der Waals surface area contributed by atoms with Crippen LogP contribution in [-0.2, 0) is 20.5 Å². The minimum Gasteiger partial charge on any atom is -0.497 e. The summed E-state index contributed by atoms with van der Waals surface area (Å²) < 4.78 is 52.3. The highest BCUT2D eigenvalue weighted by molar-refractivity contribution is 6.04. The molecular weight excluding hydrogens is 459 g/mol. The van der Waals surface area contributed by atoms with Gasteiger partial charge in [-0.05, 0) is 55.5 Å². The molecule has 2 aromatic rings. The maximum Gasteiger partial charge on any atom is 0.416 e. The number of Topliss-reactive ketones (excluding diaryl/α,β-unsaturated/α-hetero) is 1. The van der Waals surface area contributed by atoms with Crippen LogP contribution in [0.15, 0.2) is 71.1 Å². The van der Waals surface area contributed by atoms with E-state index in [1.165, 1.54) is 18.2 Å². The Bertz CT molecular complexity index is 1210. The van der Waals surface area contributed by atoms with Gasteiger partial charge in [0.2, 0.25) is 0 Å². The van der Waals surface area contributed by atoms with Gasteiger partial charge in [0.15, 0.2) is 5.78 Å². The fraction of sp³-hybridized carbons (Fsp3) is 0.333. The van der Waals surface area contributed by atoms with Crippen LogP contribution in [0.2, 0.25) is 0 Å². The average molecular weight is 486 g/mol. The van der Waals surface area contributed by atoms with Gasteiger partial charge < -0.3 is 14.8 Å². The topological polar surface area (TPSA) is 64.6 Å². The molecule has 8 heteroatoms. The first-order chi connectivity index (χ1) is 16.7. The van der Waals surface area contributed by atoms with Crippen molar-refractivity contribution in [3.05, 3.63) is 87.8 Å². The van der Waals surface area contributed by atoms with E-state index in [2.05, 4.69) is 5.32 Å². The zero-order valence-corrected chi connectivity index (χ0v) is 19.7. The summed E-state index contributed by atoms with van der Waals surface area (Å²) in [6.45, 7) is 3.31. The highest BCUT2D eigenvalue weighted by Crippen LogP contribution is 2.48. The van der Waals surface area contributed by atoms with Crippen molar-refractivity contribution in [3.63, 3.8) is 0 Å². The number of carbonyl (C=O) groups excluding carboxylic acids is 2. The van der Waals surface area contributed by atoms with Gasteiger partial charge in [-0.3, -0.25) is 4.79 Å². The van der Waals surface area contributed by atoms with Gasteiger partial charge in [-0.1, -0.05) is 30.3 Å². The second kappa shape index (κ2) is 9.60. The first-order valence-corrected chi connectivity index (χ1v) is 11.4. The third-order valence-corrected chi connectivity index (χ3v) is 6.49. The Balaban J connectivity index is 1.84. The Morgan fingerprint density at radius 1 is 1.09 bits per heavy atom. The zero-order chi connectivity index (χ0) is 25.3. The van der Waals surface area contributed by atoms with Crippen molar-refractivity contribution in [2.24, 2.45) is 0 Å². The number of ketones is 1. The van der Waals surface area contributed by atoms with Crippen molar-refractivity contribution >= 4 is 11.8 Å². The fourth-order valence-electron chi connectivity index (χ4n) is 4.95. The number of ether oxygens (including phenoxy) is 2. The van der Waals surface area contributed by atoms with Crippen LogP contribution in [0.1, 0.15) is 55.2 Å². The summed E-state index contributed by atoms with van der Waals surface area (Å²) in [5.41, 5.74) is 1.06. The molecule has 0 fully saturated rings. The van der Waals surface area contributed by atoms with Crippen LogP contribution in [0.5, 0.6) is 5.75 Å². The standard InChI is InChI=1S/C27H26F3NO4/c1-4-35-26(33)23-15(2)31-21-13-17(16-9-11-18(34-3)12-10-16)14-22(32)25(21)24(23)19-7-5-6-8-20(19)27(28,29)30/h5-12,17,24,31H,4,13-14H2,1-3H3/t17-,24-/m1/s1. The lowest BCUT2D eigenvalue weighted by Gasteiger charge is -2.37. The molecule has 0 amide bonds. The van der Waals surface area contributed by atoms with Gasteiger partial charge >= 0.3 is 12.1 Å². The summed E-state index contributed by atoms with van der Waals surface area (Å²) in [5.74, 6) is -1.68. The number of dihydropyridines is 1. The fourth-order valence-corrected chi connectivity index (χ4v) is 4.95. The molecule has 2 aromatic carbocycles. The number of nitrogens with one attached hydrogen (secondary N) is 1. The smallest absolute Gasteiger partial charge is 0.416 e. The van der Waals surface area contributed by atoms with E-state index in [-0.39, 0.29) is 41.4 Å². The van der Waals surface area contributed by atoms with Gasteiger partial charge in [0, 0.05) is 29.3 Å². The number of hydrogen-bond donors (Lipinski definition) is 1. The quantitative estimate of drug-likeness (QED) is 0.556. The SMILES string of the molecule is CCOC(=O)C1=C(C)NC2=C(C(=O)C[C@H](c3ccc(OC)cc3)C2)[C@@H]1c1ccccc1C(F)(F)F. The Hall–Kier alpha value is -3.55. The maximum atomic E-state index is 14.0. The molecule has 184 valence electrons. The lowest BCUT2D eigenvalue weighted by atomic mass is 9.71. The van der Waals surface area contributed by atoms with Crippen LogP contribution < -0.4 is 10.1 Å². The molecule has 0 saturated carbocycles. The summed E-state index contributed by atoms with van der Waals surface area (Å²) >= 11 is 0. The number of halogens is 3. The van der Waals surface area contributed by atoms with Crippen LogP contribution in [0, 0.1) is 0 Å².